The zero-order valence-corrected chi connectivity index (χ0v) is 11.9. The molecule has 96 valence electrons. The van der Waals surface area contributed by atoms with Gasteiger partial charge in [0.15, 0.2) is 5.13 Å². The summed E-state index contributed by atoms with van der Waals surface area (Å²) in [5, 5.41) is 0.886. The maximum absolute atomic E-state index is 11.5. The van der Waals surface area contributed by atoms with Gasteiger partial charge in [0.1, 0.15) is 4.88 Å². The minimum atomic E-state index is -0.302. The van der Waals surface area contributed by atoms with Crippen molar-refractivity contribution < 1.29 is 9.53 Å². The molecule has 1 heterocycles. The summed E-state index contributed by atoms with van der Waals surface area (Å²) in [6.07, 6.45) is 2.14. The van der Waals surface area contributed by atoms with Crippen LogP contribution in [0, 0.1) is 6.92 Å². The largest absolute Gasteiger partial charge is 0.465 e. The van der Waals surface area contributed by atoms with Crippen LogP contribution in [0.15, 0.2) is 0 Å². The van der Waals surface area contributed by atoms with Gasteiger partial charge in [-0.2, -0.15) is 0 Å². The number of esters is 1. The predicted molar refractivity (Wildman–Crippen MR) is 71.0 cm³/mol. The van der Waals surface area contributed by atoms with Gasteiger partial charge in [-0.25, -0.2) is 9.78 Å². The third-order valence-corrected chi connectivity index (χ3v) is 4.18. The molecule has 0 saturated carbocycles. The second-order valence-corrected chi connectivity index (χ2v) is 4.96. The normalized spacial score (nSPS) is 10.7. The van der Waals surface area contributed by atoms with Gasteiger partial charge in [0, 0.05) is 13.1 Å². The lowest BCUT2D eigenvalue weighted by molar-refractivity contribution is 0.0605. The lowest BCUT2D eigenvalue weighted by Gasteiger charge is -2.25. The van der Waals surface area contributed by atoms with Crippen LogP contribution in [-0.2, 0) is 4.74 Å². The molecule has 5 heteroatoms. The quantitative estimate of drug-likeness (QED) is 0.760. The molecule has 0 aliphatic carbocycles. The number of thiazole rings is 1. The molecule has 1 rings (SSSR count). The molecule has 0 saturated heterocycles. The second kappa shape index (κ2) is 6.00. The molecule has 1 aromatic rings. The van der Waals surface area contributed by atoms with Crippen LogP contribution in [-0.4, -0.2) is 31.2 Å². The van der Waals surface area contributed by atoms with E-state index in [0.29, 0.717) is 10.9 Å². The van der Waals surface area contributed by atoms with Crippen molar-refractivity contribution >= 4 is 22.4 Å². The fourth-order valence-corrected chi connectivity index (χ4v) is 2.83. The van der Waals surface area contributed by atoms with Crippen LogP contribution in [0.2, 0.25) is 0 Å². The van der Waals surface area contributed by atoms with E-state index in [1.807, 2.05) is 14.0 Å². The van der Waals surface area contributed by atoms with E-state index in [-0.39, 0.29) is 5.97 Å². The van der Waals surface area contributed by atoms with Crippen LogP contribution in [0.25, 0.3) is 0 Å². The maximum atomic E-state index is 11.5. The van der Waals surface area contributed by atoms with E-state index >= 15 is 0 Å². The summed E-state index contributed by atoms with van der Waals surface area (Å²) in [6, 6.07) is 0.464. The highest BCUT2D eigenvalue weighted by Crippen LogP contribution is 2.28. The number of carbonyl (C=O) groups excluding carboxylic acids is 1. The van der Waals surface area contributed by atoms with E-state index in [9.17, 15) is 4.79 Å². The summed E-state index contributed by atoms with van der Waals surface area (Å²) < 4.78 is 4.74. The van der Waals surface area contributed by atoms with E-state index in [2.05, 4.69) is 23.7 Å². The second-order valence-electron chi connectivity index (χ2n) is 3.98. The Balaban J connectivity index is 2.96. The highest BCUT2D eigenvalue weighted by molar-refractivity contribution is 7.17. The smallest absolute Gasteiger partial charge is 0.350 e. The van der Waals surface area contributed by atoms with Gasteiger partial charge in [0.2, 0.25) is 0 Å². The first-order chi connectivity index (χ1) is 8.04. The number of hydrogen-bond donors (Lipinski definition) is 0. The fraction of sp³-hybridized carbons (Fsp3) is 0.667. The Morgan fingerprint density at radius 2 is 2.06 bits per heavy atom. The first kappa shape index (κ1) is 14.0. The minimum Gasteiger partial charge on any atom is -0.465 e. The van der Waals surface area contributed by atoms with Crippen molar-refractivity contribution in [2.24, 2.45) is 0 Å². The molecule has 1 aromatic heterocycles. The minimum absolute atomic E-state index is 0.302. The first-order valence-electron chi connectivity index (χ1n) is 5.83. The lowest BCUT2D eigenvalue weighted by atomic mass is 10.1. The number of anilines is 1. The molecule has 0 aromatic carbocycles. The lowest BCUT2D eigenvalue weighted by Crippen LogP contribution is -2.30. The Labute approximate surface area is 107 Å². The molecule has 0 N–H and O–H groups in total. The maximum Gasteiger partial charge on any atom is 0.350 e. The van der Waals surface area contributed by atoms with Crippen LogP contribution < -0.4 is 4.90 Å². The Morgan fingerprint density at radius 3 is 2.53 bits per heavy atom. The molecular weight excluding hydrogens is 236 g/mol. The molecule has 0 amide bonds. The summed E-state index contributed by atoms with van der Waals surface area (Å²) in [7, 11) is 3.42. The average Bonchev–Trinajstić information content (AvgIpc) is 2.71. The van der Waals surface area contributed by atoms with Crippen molar-refractivity contribution in [3.63, 3.8) is 0 Å². The number of aryl methyl sites for hydroxylation is 1. The Hall–Kier alpha value is -1.10. The SMILES string of the molecule is CCC(CC)N(C)c1nc(C)c(C(=O)OC)s1. The predicted octanol–water partition coefficient (Wildman–Crippen LogP) is 2.86. The van der Waals surface area contributed by atoms with Gasteiger partial charge in [0.05, 0.1) is 12.8 Å². The first-order valence-corrected chi connectivity index (χ1v) is 6.65. The van der Waals surface area contributed by atoms with Gasteiger partial charge in [-0.3, -0.25) is 0 Å². The Kier molecular flexibility index (Phi) is 4.93. The number of nitrogens with zero attached hydrogens (tertiary/aromatic N) is 2. The Morgan fingerprint density at radius 1 is 1.47 bits per heavy atom. The number of hydrogen-bond acceptors (Lipinski definition) is 5. The molecule has 0 fully saturated rings. The topological polar surface area (TPSA) is 42.4 Å². The number of methoxy groups -OCH3 is 1. The molecular formula is C12H20N2O2S. The van der Waals surface area contributed by atoms with Crippen LogP contribution in [0.3, 0.4) is 0 Å². The van der Waals surface area contributed by atoms with Crippen molar-refractivity contribution in [2.75, 3.05) is 19.1 Å². The Bertz CT molecular complexity index is 386. The molecule has 0 spiro atoms. The third-order valence-electron chi connectivity index (χ3n) is 2.95. The summed E-state index contributed by atoms with van der Waals surface area (Å²) in [6.45, 7) is 6.16. The van der Waals surface area contributed by atoms with Crippen molar-refractivity contribution in [1.29, 1.82) is 0 Å². The molecule has 0 unspecified atom stereocenters. The number of carbonyl (C=O) groups is 1. The summed E-state index contributed by atoms with van der Waals surface area (Å²) in [4.78, 5) is 18.7. The third kappa shape index (κ3) is 2.97. The van der Waals surface area contributed by atoms with Gasteiger partial charge < -0.3 is 9.64 Å². The molecule has 0 radical (unpaired) electrons. The van der Waals surface area contributed by atoms with E-state index in [1.54, 1.807) is 0 Å². The molecule has 0 atom stereocenters. The molecule has 0 aliphatic heterocycles. The monoisotopic (exact) mass is 256 g/mol. The van der Waals surface area contributed by atoms with E-state index < -0.39 is 0 Å². The van der Waals surface area contributed by atoms with E-state index in [4.69, 9.17) is 4.74 Å². The molecule has 17 heavy (non-hydrogen) atoms. The highest BCUT2D eigenvalue weighted by Gasteiger charge is 2.20. The van der Waals surface area contributed by atoms with Crippen LogP contribution in [0.5, 0.6) is 0 Å². The van der Waals surface area contributed by atoms with Crippen LogP contribution in [0.4, 0.5) is 5.13 Å². The van der Waals surface area contributed by atoms with Crippen molar-refractivity contribution in [3.8, 4) is 0 Å². The van der Waals surface area contributed by atoms with E-state index in [0.717, 1.165) is 23.7 Å². The van der Waals surface area contributed by atoms with Crippen LogP contribution in [0.1, 0.15) is 42.1 Å². The molecule has 0 aliphatic rings. The zero-order chi connectivity index (χ0) is 13.0. The fourth-order valence-electron chi connectivity index (χ4n) is 1.81. The summed E-state index contributed by atoms with van der Waals surface area (Å²) in [5.74, 6) is -0.302. The van der Waals surface area contributed by atoms with E-state index in [1.165, 1.54) is 18.4 Å². The van der Waals surface area contributed by atoms with Gasteiger partial charge in [-0.05, 0) is 19.8 Å². The summed E-state index contributed by atoms with van der Waals surface area (Å²) in [5.41, 5.74) is 0.745. The van der Waals surface area contributed by atoms with Crippen LogP contribution >= 0.6 is 11.3 Å². The van der Waals surface area contributed by atoms with Crippen molar-refractivity contribution in [3.05, 3.63) is 10.6 Å². The number of ether oxygens (including phenoxy) is 1. The summed E-state index contributed by atoms with van der Waals surface area (Å²) >= 11 is 1.40. The number of rotatable bonds is 5. The van der Waals surface area contributed by atoms with Gasteiger partial charge >= 0.3 is 5.97 Å². The van der Waals surface area contributed by atoms with Gasteiger partial charge in [0.25, 0.3) is 0 Å². The molecule has 4 nitrogen and oxygen atoms in total. The van der Waals surface area contributed by atoms with Gasteiger partial charge in [-0.15, -0.1) is 0 Å². The van der Waals surface area contributed by atoms with Crippen molar-refractivity contribution in [1.82, 2.24) is 4.98 Å². The number of aromatic nitrogens is 1. The zero-order valence-electron chi connectivity index (χ0n) is 11.1. The highest BCUT2D eigenvalue weighted by atomic mass is 32.1. The average molecular weight is 256 g/mol. The standard InChI is InChI=1S/C12H20N2O2S/c1-6-9(7-2)14(4)12-13-8(3)10(17-12)11(15)16-5/h9H,6-7H2,1-5H3. The van der Waals surface area contributed by atoms with Crippen molar-refractivity contribution in [2.45, 2.75) is 39.7 Å². The van der Waals surface area contributed by atoms with Gasteiger partial charge in [-0.1, -0.05) is 25.2 Å². The molecule has 0 bridgehead atoms.